The van der Waals surface area contributed by atoms with E-state index < -0.39 is 15.9 Å². The summed E-state index contributed by atoms with van der Waals surface area (Å²) in [6.45, 7) is -0.101. The van der Waals surface area contributed by atoms with Crippen LogP contribution in [0.25, 0.3) is 6.08 Å². The molecule has 1 N–H and O–H groups in total. The summed E-state index contributed by atoms with van der Waals surface area (Å²) in [5.74, 6) is 0.437. The molecular formula is C20H21N3O5S. The molecule has 0 bridgehead atoms. The van der Waals surface area contributed by atoms with Crippen molar-refractivity contribution in [3.63, 3.8) is 0 Å². The van der Waals surface area contributed by atoms with Crippen LogP contribution in [0, 0.1) is 11.3 Å². The molecule has 0 saturated heterocycles. The number of carbonyl (C=O) groups excluding carboxylic acids is 1. The zero-order chi connectivity index (χ0) is 21.4. The Balaban J connectivity index is 2.12. The maximum absolute atomic E-state index is 12.2. The number of rotatable bonds is 8. The van der Waals surface area contributed by atoms with Crippen LogP contribution in [-0.2, 0) is 14.8 Å². The fraction of sp³-hybridized carbons (Fsp3) is 0.200. The maximum Gasteiger partial charge on any atom is 0.248 e. The summed E-state index contributed by atoms with van der Waals surface area (Å²) in [7, 11) is 0.762. The topological polar surface area (TPSA) is 109 Å². The van der Waals surface area contributed by atoms with Gasteiger partial charge in [0.15, 0.2) is 18.1 Å². The quantitative estimate of drug-likeness (QED) is 0.664. The molecule has 2 aromatic carbocycles. The van der Waals surface area contributed by atoms with Gasteiger partial charge in [0.1, 0.15) is 6.07 Å². The lowest BCUT2D eigenvalue weighted by atomic mass is 10.2. The molecule has 0 unspecified atom stereocenters. The molecule has 29 heavy (non-hydrogen) atoms. The summed E-state index contributed by atoms with van der Waals surface area (Å²) in [5.41, 5.74) is 1.05. The van der Waals surface area contributed by atoms with Gasteiger partial charge < -0.3 is 14.8 Å². The van der Waals surface area contributed by atoms with Crippen LogP contribution in [0.5, 0.6) is 11.5 Å². The lowest BCUT2D eigenvalue weighted by molar-refractivity contribution is -0.111. The standard InChI is InChI=1S/C20H21N3O5S/c1-23(2)29(25,26)17-6-4-5-16(14-17)22-20(24)10-8-15-7-9-18(28-12-11-21)19(13-15)27-3/h4-10,13-14H,12H2,1-3H3,(H,22,24). The average Bonchev–Trinajstić information content (AvgIpc) is 2.71. The first kappa shape index (κ1) is 21.9. The lowest BCUT2D eigenvalue weighted by Gasteiger charge is -2.12. The Morgan fingerprint density at radius 1 is 1.21 bits per heavy atom. The van der Waals surface area contributed by atoms with E-state index in [0.29, 0.717) is 22.7 Å². The van der Waals surface area contributed by atoms with E-state index >= 15 is 0 Å². The van der Waals surface area contributed by atoms with Crippen molar-refractivity contribution >= 4 is 27.7 Å². The van der Waals surface area contributed by atoms with E-state index in [1.165, 1.54) is 39.4 Å². The maximum atomic E-state index is 12.2. The van der Waals surface area contributed by atoms with E-state index in [4.69, 9.17) is 14.7 Å². The van der Waals surface area contributed by atoms with Crippen LogP contribution in [0.4, 0.5) is 5.69 Å². The first-order valence-corrected chi connectivity index (χ1v) is 9.91. The van der Waals surface area contributed by atoms with Gasteiger partial charge in [0.2, 0.25) is 15.9 Å². The fourth-order valence-corrected chi connectivity index (χ4v) is 3.27. The molecule has 0 aliphatic carbocycles. The van der Waals surface area contributed by atoms with Crippen molar-refractivity contribution in [2.75, 3.05) is 33.1 Å². The van der Waals surface area contributed by atoms with E-state index in [9.17, 15) is 13.2 Å². The largest absolute Gasteiger partial charge is 0.493 e. The van der Waals surface area contributed by atoms with Gasteiger partial charge in [-0.2, -0.15) is 5.26 Å². The molecule has 9 heteroatoms. The number of hydrogen-bond donors (Lipinski definition) is 1. The zero-order valence-corrected chi connectivity index (χ0v) is 17.1. The number of nitrogens with one attached hydrogen (secondary N) is 1. The Morgan fingerprint density at radius 2 is 1.97 bits per heavy atom. The zero-order valence-electron chi connectivity index (χ0n) is 16.2. The summed E-state index contributed by atoms with van der Waals surface area (Å²) >= 11 is 0. The van der Waals surface area contributed by atoms with Crippen molar-refractivity contribution < 1.29 is 22.7 Å². The Kier molecular flexibility index (Phi) is 7.36. The second-order valence-corrected chi connectivity index (χ2v) is 8.15. The van der Waals surface area contributed by atoms with Gasteiger partial charge in [-0.3, -0.25) is 4.79 Å². The highest BCUT2D eigenvalue weighted by atomic mass is 32.2. The number of carbonyl (C=O) groups is 1. The summed E-state index contributed by atoms with van der Waals surface area (Å²) in [6, 6.07) is 12.9. The Labute approximate surface area is 170 Å². The number of hydrogen-bond acceptors (Lipinski definition) is 6. The first-order valence-electron chi connectivity index (χ1n) is 8.47. The van der Waals surface area contributed by atoms with Crippen LogP contribution in [0.2, 0.25) is 0 Å². The van der Waals surface area contributed by atoms with Gasteiger partial charge in [0.25, 0.3) is 0 Å². The molecule has 8 nitrogen and oxygen atoms in total. The van der Waals surface area contributed by atoms with Crippen LogP contribution in [0.15, 0.2) is 53.4 Å². The normalized spacial score (nSPS) is 11.3. The first-order chi connectivity index (χ1) is 13.8. The molecule has 0 radical (unpaired) electrons. The molecule has 1 amide bonds. The molecule has 0 spiro atoms. The number of nitrogens with zero attached hydrogens (tertiary/aromatic N) is 2. The number of methoxy groups -OCH3 is 1. The minimum absolute atomic E-state index is 0.0852. The molecule has 0 fully saturated rings. The van der Waals surface area contributed by atoms with Gasteiger partial charge in [-0.05, 0) is 42.0 Å². The van der Waals surface area contributed by atoms with E-state index in [0.717, 1.165) is 4.31 Å². The second-order valence-electron chi connectivity index (χ2n) is 5.99. The van der Waals surface area contributed by atoms with Crippen molar-refractivity contribution in [1.82, 2.24) is 4.31 Å². The molecule has 0 heterocycles. The fourth-order valence-electron chi connectivity index (χ4n) is 2.32. The number of sulfonamides is 1. The monoisotopic (exact) mass is 415 g/mol. The summed E-state index contributed by atoms with van der Waals surface area (Å²) in [5, 5.41) is 11.2. The van der Waals surface area contributed by atoms with E-state index in [-0.39, 0.29) is 11.5 Å². The van der Waals surface area contributed by atoms with E-state index in [1.807, 2.05) is 6.07 Å². The van der Waals surface area contributed by atoms with Crippen LogP contribution in [0.1, 0.15) is 5.56 Å². The van der Waals surface area contributed by atoms with Crippen LogP contribution >= 0.6 is 0 Å². The molecule has 2 aromatic rings. The highest BCUT2D eigenvalue weighted by Gasteiger charge is 2.17. The minimum atomic E-state index is -3.59. The predicted molar refractivity (Wildman–Crippen MR) is 109 cm³/mol. The Hall–Kier alpha value is -3.35. The number of anilines is 1. The predicted octanol–water partition coefficient (Wildman–Crippen LogP) is 2.50. The minimum Gasteiger partial charge on any atom is -0.493 e. The molecule has 0 aliphatic rings. The third-order valence-electron chi connectivity index (χ3n) is 3.79. The highest BCUT2D eigenvalue weighted by Crippen LogP contribution is 2.28. The molecule has 0 atom stereocenters. The van der Waals surface area contributed by atoms with Gasteiger partial charge in [0, 0.05) is 25.9 Å². The lowest BCUT2D eigenvalue weighted by Crippen LogP contribution is -2.22. The second kappa shape index (κ2) is 9.73. The van der Waals surface area contributed by atoms with Crippen molar-refractivity contribution in [1.29, 1.82) is 5.26 Å². The summed E-state index contributed by atoms with van der Waals surface area (Å²) < 4.78 is 36.0. The van der Waals surface area contributed by atoms with Crippen molar-refractivity contribution in [3.8, 4) is 17.6 Å². The molecular weight excluding hydrogens is 394 g/mol. The van der Waals surface area contributed by atoms with Crippen molar-refractivity contribution in [2.45, 2.75) is 4.90 Å². The number of ether oxygens (including phenoxy) is 2. The van der Waals surface area contributed by atoms with Gasteiger partial charge in [0.05, 0.1) is 12.0 Å². The Morgan fingerprint density at radius 3 is 2.62 bits per heavy atom. The Bertz CT molecular complexity index is 1060. The van der Waals surface area contributed by atoms with Crippen molar-refractivity contribution in [3.05, 3.63) is 54.1 Å². The molecule has 0 aromatic heterocycles. The van der Waals surface area contributed by atoms with E-state index in [1.54, 1.807) is 36.4 Å². The molecule has 0 aliphatic heterocycles. The third kappa shape index (κ3) is 5.81. The van der Waals surface area contributed by atoms with Gasteiger partial charge >= 0.3 is 0 Å². The average molecular weight is 415 g/mol. The highest BCUT2D eigenvalue weighted by molar-refractivity contribution is 7.89. The van der Waals surface area contributed by atoms with Gasteiger partial charge in [-0.1, -0.05) is 12.1 Å². The molecule has 2 rings (SSSR count). The van der Waals surface area contributed by atoms with Gasteiger partial charge in [-0.25, -0.2) is 12.7 Å². The van der Waals surface area contributed by atoms with Crippen LogP contribution in [0.3, 0.4) is 0 Å². The number of benzene rings is 2. The summed E-state index contributed by atoms with van der Waals surface area (Å²) in [4.78, 5) is 12.3. The van der Waals surface area contributed by atoms with Crippen molar-refractivity contribution in [2.24, 2.45) is 0 Å². The molecule has 152 valence electrons. The van der Waals surface area contributed by atoms with Crippen LogP contribution < -0.4 is 14.8 Å². The SMILES string of the molecule is COc1cc(C=CC(=O)Nc2cccc(S(=O)(=O)N(C)C)c2)ccc1OCC#N. The third-order valence-corrected chi connectivity index (χ3v) is 5.60. The molecule has 0 saturated carbocycles. The number of amides is 1. The van der Waals surface area contributed by atoms with E-state index in [2.05, 4.69) is 5.32 Å². The summed E-state index contributed by atoms with van der Waals surface area (Å²) in [6.07, 6.45) is 2.89. The number of nitriles is 1. The van der Waals surface area contributed by atoms with Gasteiger partial charge in [-0.15, -0.1) is 0 Å². The smallest absolute Gasteiger partial charge is 0.248 e. The van der Waals surface area contributed by atoms with Crippen LogP contribution in [-0.4, -0.2) is 46.4 Å².